The average molecular weight is 533 g/mol. The highest BCUT2D eigenvalue weighted by Gasteiger charge is 2.41. The summed E-state index contributed by atoms with van der Waals surface area (Å²) < 4.78 is 37.2. The van der Waals surface area contributed by atoms with Crippen molar-refractivity contribution < 1.29 is 23.4 Å². The van der Waals surface area contributed by atoms with E-state index in [0.717, 1.165) is 48.9 Å². The monoisotopic (exact) mass is 532 g/mol. The Hall–Kier alpha value is -2.60. The minimum Gasteiger partial charge on any atom is -0.491 e. The molecule has 0 spiro atoms. The van der Waals surface area contributed by atoms with Crippen LogP contribution >= 0.6 is 0 Å². The highest BCUT2D eigenvalue weighted by molar-refractivity contribution is 5.67. The zero-order valence-corrected chi connectivity index (χ0v) is 22.1. The van der Waals surface area contributed by atoms with Crippen LogP contribution in [0.3, 0.4) is 0 Å². The topological polar surface area (TPSA) is 95.0 Å². The quantitative estimate of drug-likeness (QED) is 0.403. The molecule has 9 nitrogen and oxygen atoms in total. The molecule has 38 heavy (non-hydrogen) atoms. The van der Waals surface area contributed by atoms with Crippen molar-refractivity contribution >= 4 is 11.6 Å². The molecular weight excluding hydrogens is 494 g/mol. The highest BCUT2D eigenvalue weighted by atomic mass is 19.3. The van der Waals surface area contributed by atoms with Crippen molar-refractivity contribution in [1.29, 1.82) is 0 Å². The van der Waals surface area contributed by atoms with Crippen LogP contribution in [0.4, 0.5) is 20.4 Å². The molecule has 3 N–H and O–H groups in total. The average Bonchev–Trinajstić information content (AvgIpc) is 3.61. The number of aliphatic hydroxyl groups is 1. The minimum atomic E-state index is -2.30. The second-order valence-electron chi connectivity index (χ2n) is 10.6. The van der Waals surface area contributed by atoms with Gasteiger partial charge in [0.05, 0.1) is 19.2 Å². The van der Waals surface area contributed by atoms with Crippen LogP contribution < -0.4 is 20.3 Å². The normalized spacial score (nSPS) is 24.3. The van der Waals surface area contributed by atoms with Gasteiger partial charge >= 0.3 is 0 Å². The standard InChI is InChI=1S/C27H38F2N6O3/c1-17-25(31-21-6-7-37-15-21)32-26(18-4-3-5-23(8-18)38-16-22(36)9-30-2)33-27(17)35-12-19-10-34(14-24(28)29)11-20(19)13-35/h3-5,8,19-22,24,30,36H,6-7,9-16H2,1-2H3,(H,31,32,33)/t19?,20?,21-,22?/m1/s1. The zero-order chi connectivity index (χ0) is 26.6. The third kappa shape index (κ3) is 6.33. The third-order valence-corrected chi connectivity index (χ3v) is 7.62. The minimum absolute atomic E-state index is 0.147. The van der Waals surface area contributed by atoms with Crippen LogP contribution in [-0.2, 0) is 4.74 Å². The molecule has 3 aliphatic rings. The zero-order valence-electron chi connectivity index (χ0n) is 22.1. The first-order chi connectivity index (χ1) is 18.4. The SMILES string of the molecule is CNCC(O)COc1cccc(-c2nc(N[C@@H]3CCOC3)c(C)c(N3CC4CN(CC(F)F)CC4C3)n2)c1. The van der Waals surface area contributed by atoms with Crippen LogP contribution in [-0.4, -0.2) is 105 Å². The van der Waals surface area contributed by atoms with E-state index in [2.05, 4.69) is 15.5 Å². The van der Waals surface area contributed by atoms with Gasteiger partial charge in [-0.2, -0.15) is 0 Å². The summed E-state index contributed by atoms with van der Waals surface area (Å²) in [7, 11) is 1.78. The van der Waals surface area contributed by atoms with Gasteiger partial charge in [0.15, 0.2) is 5.82 Å². The largest absolute Gasteiger partial charge is 0.491 e. The van der Waals surface area contributed by atoms with Crippen LogP contribution in [0, 0.1) is 18.8 Å². The van der Waals surface area contributed by atoms with Gasteiger partial charge in [0, 0.05) is 50.5 Å². The van der Waals surface area contributed by atoms with Crippen molar-refractivity contribution in [2.45, 2.75) is 31.9 Å². The first-order valence-corrected chi connectivity index (χ1v) is 13.4. The molecule has 0 bridgehead atoms. The molecule has 0 aliphatic carbocycles. The molecule has 1 aromatic carbocycles. The Balaban J connectivity index is 1.39. The number of alkyl halides is 2. The van der Waals surface area contributed by atoms with Gasteiger partial charge in [0.1, 0.15) is 30.1 Å². The Kier molecular flexibility index (Phi) is 8.57. The number of halogens is 2. The van der Waals surface area contributed by atoms with Crippen molar-refractivity contribution in [3.05, 3.63) is 29.8 Å². The first-order valence-electron chi connectivity index (χ1n) is 13.4. The summed E-state index contributed by atoms with van der Waals surface area (Å²) in [6.07, 6.45) is -1.99. The Morgan fingerprint density at radius 2 is 1.97 bits per heavy atom. The summed E-state index contributed by atoms with van der Waals surface area (Å²) in [5.74, 6) is 3.59. The number of nitrogens with one attached hydrogen (secondary N) is 2. The Labute approximate surface area is 222 Å². The summed E-state index contributed by atoms with van der Waals surface area (Å²) in [5, 5.41) is 16.5. The lowest BCUT2D eigenvalue weighted by Crippen LogP contribution is -2.32. The molecule has 4 atom stereocenters. The van der Waals surface area contributed by atoms with Crippen molar-refractivity contribution in [3.63, 3.8) is 0 Å². The first kappa shape index (κ1) is 27.0. The molecule has 5 rings (SSSR count). The van der Waals surface area contributed by atoms with Gasteiger partial charge in [-0.25, -0.2) is 18.7 Å². The fraction of sp³-hybridized carbons (Fsp3) is 0.630. The number of fused-ring (bicyclic) bond motifs is 1. The number of hydrogen-bond acceptors (Lipinski definition) is 9. The number of nitrogens with zero attached hydrogens (tertiary/aromatic N) is 4. The number of likely N-dealkylation sites (N-methyl/N-ethyl adjacent to an activating group) is 1. The van der Waals surface area contributed by atoms with Gasteiger partial charge in [-0.15, -0.1) is 0 Å². The van der Waals surface area contributed by atoms with Crippen LogP contribution in [0.2, 0.25) is 0 Å². The van der Waals surface area contributed by atoms with E-state index in [4.69, 9.17) is 19.4 Å². The predicted octanol–water partition coefficient (Wildman–Crippen LogP) is 2.25. The number of aromatic nitrogens is 2. The fourth-order valence-corrected chi connectivity index (χ4v) is 5.74. The molecule has 3 unspecified atom stereocenters. The third-order valence-electron chi connectivity index (χ3n) is 7.62. The van der Waals surface area contributed by atoms with E-state index in [1.165, 1.54) is 0 Å². The van der Waals surface area contributed by atoms with E-state index < -0.39 is 12.5 Å². The van der Waals surface area contributed by atoms with Crippen molar-refractivity contribution in [3.8, 4) is 17.1 Å². The molecule has 3 aliphatic heterocycles. The molecule has 1 aromatic heterocycles. The Bertz CT molecular complexity index is 1070. The molecule has 0 radical (unpaired) electrons. The van der Waals surface area contributed by atoms with E-state index in [-0.39, 0.29) is 19.2 Å². The molecule has 3 fully saturated rings. The molecule has 0 amide bonds. The van der Waals surface area contributed by atoms with Gasteiger partial charge in [-0.3, -0.25) is 4.90 Å². The number of ether oxygens (including phenoxy) is 2. The highest BCUT2D eigenvalue weighted by Crippen LogP contribution is 2.37. The van der Waals surface area contributed by atoms with Crippen LogP contribution in [0.5, 0.6) is 5.75 Å². The summed E-state index contributed by atoms with van der Waals surface area (Å²) >= 11 is 0. The van der Waals surface area contributed by atoms with Crippen molar-refractivity contribution in [2.24, 2.45) is 11.8 Å². The molecular formula is C27H38F2N6O3. The molecule has 208 valence electrons. The molecule has 3 saturated heterocycles. The van der Waals surface area contributed by atoms with Gasteiger partial charge in [-0.1, -0.05) is 12.1 Å². The number of benzene rings is 1. The molecule has 0 saturated carbocycles. The smallest absolute Gasteiger partial charge is 0.251 e. The lowest BCUT2D eigenvalue weighted by Gasteiger charge is -2.25. The second kappa shape index (κ2) is 12.1. The van der Waals surface area contributed by atoms with Gasteiger partial charge in [0.2, 0.25) is 0 Å². The molecule has 4 heterocycles. The van der Waals surface area contributed by atoms with E-state index in [1.807, 2.05) is 36.1 Å². The summed E-state index contributed by atoms with van der Waals surface area (Å²) in [6, 6.07) is 7.78. The summed E-state index contributed by atoms with van der Waals surface area (Å²) in [5.41, 5.74) is 1.80. The number of aliphatic hydroxyl groups excluding tert-OH is 1. The number of hydrogen-bond donors (Lipinski definition) is 3. The number of likely N-dealkylation sites (tertiary alicyclic amines) is 1. The lowest BCUT2D eigenvalue weighted by atomic mass is 10.0. The van der Waals surface area contributed by atoms with Gasteiger partial charge < -0.3 is 30.1 Å². The predicted molar refractivity (Wildman–Crippen MR) is 142 cm³/mol. The van der Waals surface area contributed by atoms with E-state index in [9.17, 15) is 13.9 Å². The Morgan fingerprint density at radius 1 is 1.18 bits per heavy atom. The number of rotatable bonds is 11. The van der Waals surface area contributed by atoms with Crippen LogP contribution in [0.1, 0.15) is 12.0 Å². The maximum Gasteiger partial charge on any atom is 0.251 e. The summed E-state index contributed by atoms with van der Waals surface area (Å²) in [6.45, 7) is 6.87. The van der Waals surface area contributed by atoms with Gasteiger partial charge in [0.25, 0.3) is 6.43 Å². The van der Waals surface area contributed by atoms with Crippen LogP contribution in [0.15, 0.2) is 24.3 Å². The van der Waals surface area contributed by atoms with Crippen molar-refractivity contribution in [2.75, 3.05) is 76.4 Å². The molecule has 11 heteroatoms. The van der Waals surface area contributed by atoms with E-state index in [1.54, 1.807) is 7.05 Å². The van der Waals surface area contributed by atoms with E-state index in [0.29, 0.717) is 49.7 Å². The number of anilines is 2. The fourth-order valence-electron chi connectivity index (χ4n) is 5.74. The van der Waals surface area contributed by atoms with Crippen molar-refractivity contribution in [1.82, 2.24) is 20.2 Å². The van der Waals surface area contributed by atoms with Crippen LogP contribution in [0.25, 0.3) is 11.4 Å². The maximum absolute atomic E-state index is 12.9. The van der Waals surface area contributed by atoms with E-state index >= 15 is 0 Å². The lowest BCUT2D eigenvalue weighted by molar-refractivity contribution is 0.0965. The summed E-state index contributed by atoms with van der Waals surface area (Å²) in [4.78, 5) is 14.1. The second-order valence-corrected chi connectivity index (χ2v) is 10.6. The Morgan fingerprint density at radius 3 is 2.66 bits per heavy atom. The van der Waals surface area contributed by atoms with Gasteiger partial charge in [-0.05, 0) is 44.4 Å². The maximum atomic E-state index is 12.9. The molecule has 2 aromatic rings.